The molecule has 5 nitrogen and oxygen atoms in total. The van der Waals surface area contributed by atoms with Gasteiger partial charge in [-0.3, -0.25) is 14.6 Å². The molecule has 3 aromatic rings. The summed E-state index contributed by atoms with van der Waals surface area (Å²) in [6.45, 7) is 1.47. The predicted octanol–water partition coefficient (Wildman–Crippen LogP) is 4.56. The highest BCUT2D eigenvalue weighted by atomic mass is 19.1. The lowest BCUT2D eigenvalue weighted by atomic mass is 10.1. The minimum Gasteiger partial charge on any atom is -0.354 e. The highest BCUT2D eigenvalue weighted by Crippen LogP contribution is 2.20. The van der Waals surface area contributed by atoms with Gasteiger partial charge >= 0.3 is 0 Å². The topological polar surface area (TPSA) is 71.1 Å². The number of carbonyl (C=O) groups is 2. The Labute approximate surface area is 154 Å². The van der Waals surface area contributed by atoms with Crippen molar-refractivity contribution in [3.63, 3.8) is 0 Å². The van der Waals surface area contributed by atoms with E-state index in [0.29, 0.717) is 23.0 Å². The molecule has 0 aliphatic carbocycles. The molecule has 136 valence electrons. The van der Waals surface area contributed by atoms with Crippen LogP contribution in [0.5, 0.6) is 0 Å². The first-order valence-electron chi connectivity index (χ1n) is 8.02. The number of Topliss-reactive ketones (excluding diaryl/α,β-unsaturated/α-hetero) is 1. The number of benzene rings is 2. The van der Waals surface area contributed by atoms with Crippen LogP contribution in [-0.4, -0.2) is 16.7 Å². The summed E-state index contributed by atoms with van der Waals surface area (Å²) in [5, 5.41) is 5.43. The number of anilines is 3. The zero-order valence-corrected chi connectivity index (χ0v) is 14.3. The first-order valence-corrected chi connectivity index (χ1v) is 8.02. The normalized spacial score (nSPS) is 10.3. The minimum atomic E-state index is -0.869. The molecule has 0 aliphatic rings. The lowest BCUT2D eigenvalue weighted by molar-refractivity contribution is 0.101. The van der Waals surface area contributed by atoms with Crippen LogP contribution in [0.25, 0.3) is 0 Å². The average molecular weight is 367 g/mol. The fourth-order valence-corrected chi connectivity index (χ4v) is 2.40. The van der Waals surface area contributed by atoms with Crippen LogP contribution in [0.2, 0.25) is 0 Å². The Balaban J connectivity index is 1.77. The lowest BCUT2D eigenvalue weighted by Crippen LogP contribution is -2.13. The number of halogens is 2. The Morgan fingerprint density at radius 3 is 2.44 bits per heavy atom. The summed E-state index contributed by atoms with van der Waals surface area (Å²) in [4.78, 5) is 27.8. The van der Waals surface area contributed by atoms with Crippen molar-refractivity contribution in [2.45, 2.75) is 6.92 Å². The molecule has 1 amide bonds. The molecule has 0 saturated carbocycles. The van der Waals surface area contributed by atoms with Crippen LogP contribution in [0.1, 0.15) is 27.6 Å². The fraction of sp³-hybridized carbons (Fsp3) is 0.0500. The lowest BCUT2D eigenvalue weighted by Gasteiger charge is -2.10. The highest BCUT2D eigenvalue weighted by molar-refractivity contribution is 6.04. The molecule has 7 heteroatoms. The second kappa shape index (κ2) is 7.74. The first-order chi connectivity index (χ1) is 12.9. The van der Waals surface area contributed by atoms with Crippen molar-refractivity contribution in [3.8, 4) is 0 Å². The van der Waals surface area contributed by atoms with Crippen molar-refractivity contribution in [3.05, 3.63) is 83.7 Å². The molecule has 2 aromatic carbocycles. The molecular weight excluding hydrogens is 352 g/mol. The van der Waals surface area contributed by atoms with Gasteiger partial charge in [0.15, 0.2) is 5.78 Å². The van der Waals surface area contributed by atoms with Gasteiger partial charge in [-0.05, 0) is 37.3 Å². The Bertz CT molecular complexity index is 1020. The Morgan fingerprint density at radius 2 is 1.70 bits per heavy atom. The van der Waals surface area contributed by atoms with Crippen LogP contribution >= 0.6 is 0 Å². The monoisotopic (exact) mass is 367 g/mol. The molecule has 0 spiro atoms. The third kappa shape index (κ3) is 4.52. The van der Waals surface area contributed by atoms with E-state index in [1.807, 2.05) is 0 Å². The first kappa shape index (κ1) is 18.2. The maximum Gasteiger partial charge on any atom is 0.257 e. The quantitative estimate of drug-likeness (QED) is 0.649. The number of nitrogens with zero attached hydrogens (tertiary/aromatic N) is 1. The van der Waals surface area contributed by atoms with Crippen LogP contribution in [0.3, 0.4) is 0 Å². The van der Waals surface area contributed by atoms with E-state index in [0.717, 1.165) is 12.1 Å². The zero-order valence-electron chi connectivity index (χ0n) is 14.3. The van der Waals surface area contributed by atoms with Gasteiger partial charge in [-0.1, -0.05) is 12.1 Å². The van der Waals surface area contributed by atoms with Crippen molar-refractivity contribution in [1.82, 2.24) is 4.98 Å². The smallest absolute Gasteiger partial charge is 0.257 e. The summed E-state index contributed by atoms with van der Waals surface area (Å²) in [5.41, 5.74) is 1.78. The average Bonchev–Trinajstić information content (AvgIpc) is 2.64. The molecule has 0 aliphatic heterocycles. The minimum absolute atomic E-state index is 0.0637. The Hall–Kier alpha value is -3.61. The van der Waals surface area contributed by atoms with Gasteiger partial charge < -0.3 is 10.6 Å². The number of hydrogen-bond donors (Lipinski definition) is 2. The van der Waals surface area contributed by atoms with Crippen molar-refractivity contribution >= 4 is 28.8 Å². The highest BCUT2D eigenvalue weighted by Gasteiger charge is 2.11. The Morgan fingerprint density at radius 1 is 0.926 bits per heavy atom. The number of nitrogens with one attached hydrogen (secondary N) is 2. The molecule has 0 radical (unpaired) electrons. The van der Waals surface area contributed by atoms with Gasteiger partial charge in [-0.2, -0.15) is 0 Å². The van der Waals surface area contributed by atoms with Gasteiger partial charge in [0.2, 0.25) is 0 Å². The van der Waals surface area contributed by atoms with Crippen molar-refractivity contribution in [1.29, 1.82) is 0 Å². The zero-order chi connectivity index (χ0) is 19.4. The number of hydrogen-bond acceptors (Lipinski definition) is 4. The summed E-state index contributed by atoms with van der Waals surface area (Å²) in [7, 11) is 0. The molecular formula is C20H15F2N3O2. The van der Waals surface area contributed by atoms with E-state index in [9.17, 15) is 18.4 Å². The van der Waals surface area contributed by atoms with E-state index in [4.69, 9.17) is 0 Å². The van der Waals surface area contributed by atoms with E-state index in [2.05, 4.69) is 15.6 Å². The van der Waals surface area contributed by atoms with Crippen LogP contribution < -0.4 is 10.6 Å². The van der Waals surface area contributed by atoms with Gasteiger partial charge in [0, 0.05) is 23.5 Å². The molecule has 1 heterocycles. The van der Waals surface area contributed by atoms with Gasteiger partial charge in [-0.25, -0.2) is 8.78 Å². The Kier molecular flexibility index (Phi) is 5.21. The molecule has 0 unspecified atom stereocenters. The van der Waals surface area contributed by atoms with Crippen LogP contribution in [0, 0.1) is 11.6 Å². The summed E-state index contributed by atoms with van der Waals surface area (Å²) in [6.07, 6.45) is 2.84. The number of carbonyl (C=O) groups excluding carboxylic acids is 2. The van der Waals surface area contributed by atoms with Gasteiger partial charge in [0.25, 0.3) is 5.91 Å². The third-order valence-corrected chi connectivity index (χ3v) is 3.74. The van der Waals surface area contributed by atoms with E-state index in [1.165, 1.54) is 25.4 Å². The summed E-state index contributed by atoms with van der Waals surface area (Å²) in [6, 6.07) is 11.3. The second-order valence-corrected chi connectivity index (χ2v) is 5.80. The predicted molar refractivity (Wildman–Crippen MR) is 98.3 cm³/mol. The third-order valence-electron chi connectivity index (χ3n) is 3.74. The number of ketones is 1. The van der Waals surface area contributed by atoms with Gasteiger partial charge in [-0.15, -0.1) is 0 Å². The van der Waals surface area contributed by atoms with Crippen LogP contribution in [0.15, 0.2) is 60.9 Å². The van der Waals surface area contributed by atoms with E-state index in [1.54, 1.807) is 24.3 Å². The summed E-state index contributed by atoms with van der Waals surface area (Å²) in [5.74, 6) is -2.25. The molecule has 27 heavy (non-hydrogen) atoms. The van der Waals surface area contributed by atoms with Crippen LogP contribution in [0.4, 0.5) is 25.8 Å². The van der Waals surface area contributed by atoms with Crippen LogP contribution in [-0.2, 0) is 0 Å². The maximum absolute atomic E-state index is 13.7. The van der Waals surface area contributed by atoms with E-state index in [-0.39, 0.29) is 17.0 Å². The molecule has 2 N–H and O–H groups in total. The SMILES string of the molecule is CC(=O)c1cccc(Nc2cncc(C(=O)Nc3ccc(F)cc3F)c2)c1. The van der Waals surface area contributed by atoms with Crippen molar-refractivity contribution in [2.24, 2.45) is 0 Å². The van der Waals surface area contributed by atoms with Gasteiger partial charge in [0.1, 0.15) is 11.6 Å². The summed E-state index contributed by atoms with van der Waals surface area (Å²) >= 11 is 0. The van der Waals surface area contributed by atoms with E-state index >= 15 is 0 Å². The van der Waals surface area contributed by atoms with Crippen molar-refractivity contribution in [2.75, 3.05) is 10.6 Å². The van der Waals surface area contributed by atoms with Crippen molar-refractivity contribution < 1.29 is 18.4 Å². The maximum atomic E-state index is 13.7. The molecule has 0 bridgehead atoms. The standard InChI is InChI=1S/C20H15F2N3O2/c1-12(26)13-3-2-4-16(7-13)24-17-8-14(10-23-11-17)20(27)25-19-6-5-15(21)9-18(19)22/h2-11,24H,1H3,(H,25,27). The number of aromatic nitrogens is 1. The number of rotatable bonds is 5. The molecule has 0 saturated heterocycles. The molecule has 3 rings (SSSR count). The molecule has 0 fully saturated rings. The molecule has 0 atom stereocenters. The van der Waals surface area contributed by atoms with E-state index < -0.39 is 17.5 Å². The number of amides is 1. The number of pyridine rings is 1. The second-order valence-electron chi connectivity index (χ2n) is 5.80. The molecule has 1 aromatic heterocycles. The summed E-state index contributed by atoms with van der Waals surface area (Å²) < 4.78 is 26.6. The largest absolute Gasteiger partial charge is 0.354 e. The fourth-order valence-electron chi connectivity index (χ4n) is 2.40. The van der Waals surface area contributed by atoms with Gasteiger partial charge in [0.05, 0.1) is 23.1 Å².